The van der Waals surface area contributed by atoms with Crippen LogP contribution in [-0.2, 0) is 6.54 Å². The average molecular weight is 296 g/mol. The Kier molecular flexibility index (Phi) is 6.68. The highest BCUT2D eigenvalue weighted by molar-refractivity contribution is 6.30. The van der Waals surface area contributed by atoms with E-state index in [2.05, 4.69) is 12.2 Å². The molecular formula is C17H26ClNO. The molecule has 2 rings (SSSR count). The van der Waals surface area contributed by atoms with Crippen molar-refractivity contribution in [2.45, 2.75) is 52.0 Å². The minimum Gasteiger partial charge on any atom is -0.493 e. The third-order valence-electron chi connectivity index (χ3n) is 3.96. The number of hydrogen-bond donors (Lipinski definition) is 1. The Morgan fingerprint density at radius 3 is 2.80 bits per heavy atom. The molecule has 0 atom stereocenters. The fraction of sp³-hybridized carbons (Fsp3) is 0.647. The van der Waals surface area contributed by atoms with E-state index < -0.39 is 0 Å². The molecule has 1 aromatic carbocycles. The molecule has 0 spiro atoms. The standard InChI is InChI=1S/C17H26ClNO/c1-2-10-19-12-15-11-16(18)8-9-17(15)20-13-14-6-4-3-5-7-14/h8-9,11,14,19H,2-7,10,12-13H2,1H3. The molecule has 0 saturated heterocycles. The van der Waals surface area contributed by atoms with Crippen molar-refractivity contribution in [3.8, 4) is 5.75 Å². The molecule has 1 fully saturated rings. The van der Waals surface area contributed by atoms with Gasteiger partial charge in [0.2, 0.25) is 0 Å². The first-order valence-corrected chi connectivity index (χ1v) is 8.29. The van der Waals surface area contributed by atoms with Crippen LogP contribution >= 0.6 is 11.6 Å². The van der Waals surface area contributed by atoms with Crippen molar-refractivity contribution in [3.63, 3.8) is 0 Å². The largest absolute Gasteiger partial charge is 0.493 e. The van der Waals surface area contributed by atoms with Gasteiger partial charge in [-0.25, -0.2) is 0 Å². The normalized spacial score (nSPS) is 16.3. The lowest BCUT2D eigenvalue weighted by atomic mass is 9.90. The van der Waals surface area contributed by atoms with Gasteiger partial charge in [0.1, 0.15) is 5.75 Å². The second-order valence-electron chi connectivity index (χ2n) is 5.74. The Morgan fingerprint density at radius 2 is 2.05 bits per heavy atom. The van der Waals surface area contributed by atoms with E-state index >= 15 is 0 Å². The summed E-state index contributed by atoms with van der Waals surface area (Å²) < 4.78 is 6.06. The Hall–Kier alpha value is -0.730. The predicted molar refractivity (Wildman–Crippen MR) is 85.5 cm³/mol. The molecule has 1 aromatic rings. The zero-order chi connectivity index (χ0) is 14.2. The summed E-state index contributed by atoms with van der Waals surface area (Å²) in [5.74, 6) is 1.72. The monoisotopic (exact) mass is 295 g/mol. The van der Waals surface area contributed by atoms with Gasteiger partial charge >= 0.3 is 0 Å². The van der Waals surface area contributed by atoms with Gasteiger partial charge in [-0.15, -0.1) is 0 Å². The minimum absolute atomic E-state index is 0.732. The Morgan fingerprint density at radius 1 is 1.25 bits per heavy atom. The van der Waals surface area contributed by atoms with Gasteiger partial charge in [0.15, 0.2) is 0 Å². The molecule has 0 heterocycles. The Bertz CT molecular complexity index is 402. The van der Waals surface area contributed by atoms with Crippen LogP contribution in [0.2, 0.25) is 5.02 Å². The molecule has 3 heteroatoms. The molecule has 0 bridgehead atoms. The number of halogens is 1. The van der Waals surface area contributed by atoms with Gasteiger partial charge in [-0.2, -0.15) is 0 Å². The quantitative estimate of drug-likeness (QED) is 0.730. The van der Waals surface area contributed by atoms with Gasteiger partial charge in [0, 0.05) is 17.1 Å². The van der Waals surface area contributed by atoms with Gasteiger partial charge < -0.3 is 10.1 Å². The summed E-state index contributed by atoms with van der Waals surface area (Å²) in [6, 6.07) is 5.94. The van der Waals surface area contributed by atoms with Crippen molar-refractivity contribution < 1.29 is 4.74 Å². The second kappa shape index (κ2) is 8.53. The first kappa shape index (κ1) is 15.7. The molecule has 20 heavy (non-hydrogen) atoms. The lowest BCUT2D eigenvalue weighted by Crippen LogP contribution is -2.18. The minimum atomic E-state index is 0.732. The van der Waals surface area contributed by atoms with E-state index in [9.17, 15) is 0 Å². The fourth-order valence-electron chi connectivity index (χ4n) is 2.79. The third-order valence-corrected chi connectivity index (χ3v) is 4.20. The van der Waals surface area contributed by atoms with Crippen molar-refractivity contribution in [3.05, 3.63) is 28.8 Å². The van der Waals surface area contributed by atoms with Crippen molar-refractivity contribution in [1.82, 2.24) is 5.32 Å². The van der Waals surface area contributed by atoms with Crippen LogP contribution < -0.4 is 10.1 Å². The van der Waals surface area contributed by atoms with Crippen LogP contribution in [0.25, 0.3) is 0 Å². The SMILES string of the molecule is CCCNCc1cc(Cl)ccc1OCC1CCCCC1. The van der Waals surface area contributed by atoms with E-state index in [1.54, 1.807) is 0 Å². The van der Waals surface area contributed by atoms with Crippen molar-refractivity contribution in [2.75, 3.05) is 13.2 Å². The summed E-state index contributed by atoms with van der Waals surface area (Å²) in [7, 11) is 0. The van der Waals surface area contributed by atoms with Crippen LogP contribution in [0.4, 0.5) is 0 Å². The number of benzene rings is 1. The van der Waals surface area contributed by atoms with Crippen LogP contribution in [0.3, 0.4) is 0 Å². The van der Waals surface area contributed by atoms with Crippen LogP contribution in [0.1, 0.15) is 51.0 Å². The van der Waals surface area contributed by atoms with E-state index in [0.717, 1.165) is 42.8 Å². The van der Waals surface area contributed by atoms with Crippen LogP contribution in [0, 0.1) is 5.92 Å². The summed E-state index contributed by atoms with van der Waals surface area (Å²) in [5, 5.41) is 4.20. The van der Waals surface area contributed by atoms with Gasteiger partial charge in [0.25, 0.3) is 0 Å². The fourth-order valence-corrected chi connectivity index (χ4v) is 2.98. The number of rotatable bonds is 7. The Balaban J connectivity index is 1.91. The maximum absolute atomic E-state index is 6.10. The highest BCUT2D eigenvalue weighted by Gasteiger charge is 2.15. The van der Waals surface area contributed by atoms with E-state index in [0.29, 0.717) is 0 Å². The lowest BCUT2D eigenvalue weighted by Gasteiger charge is -2.22. The number of hydrogen-bond acceptors (Lipinski definition) is 2. The maximum atomic E-state index is 6.10. The van der Waals surface area contributed by atoms with E-state index in [4.69, 9.17) is 16.3 Å². The van der Waals surface area contributed by atoms with Gasteiger partial charge in [-0.1, -0.05) is 37.8 Å². The van der Waals surface area contributed by atoms with Gasteiger partial charge in [0.05, 0.1) is 6.61 Å². The smallest absolute Gasteiger partial charge is 0.123 e. The summed E-state index contributed by atoms with van der Waals surface area (Å²) in [4.78, 5) is 0. The maximum Gasteiger partial charge on any atom is 0.123 e. The summed E-state index contributed by atoms with van der Waals surface area (Å²) in [6.45, 7) is 4.87. The summed E-state index contributed by atoms with van der Waals surface area (Å²) >= 11 is 6.10. The predicted octanol–water partition coefficient (Wildman–Crippen LogP) is 4.80. The van der Waals surface area contributed by atoms with Crippen LogP contribution in [0.5, 0.6) is 5.75 Å². The first-order chi connectivity index (χ1) is 9.79. The van der Waals surface area contributed by atoms with E-state index in [1.807, 2.05) is 18.2 Å². The Labute approximate surface area is 127 Å². The highest BCUT2D eigenvalue weighted by Crippen LogP contribution is 2.27. The molecular weight excluding hydrogens is 270 g/mol. The summed E-state index contributed by atoms with van der Waals surface area (Å²) in [6.07, 6.45) is 7.88. The number of ether oxygens (including phenoxy) is 1. The van der Waals surface area contributed by atoms with Crippen molar-refractivity contribution >= 4 is 11.6 Å². The molecule has 2 nitrogen and oxygen atoms in total. The second-order valence-corrected chi connectivity index (χ2v) is 6.18. The van der Waals surface area contributed by atoms with E-state index in [-0.39, 0.29) is 0 Å². The molecule has 0 aromatic heterocycles. The topological polar surface area (TPSA) is 21.3 Å². The van der Waals surface area contributed by atoms with Gasteiger partial charge in [-0.05, 0) is 49.9 Å². The molecule has 1 aliphatic carbocycles. The molecule has 0 unspecified atom stereocenters. The average Bonchev–Trinajstić information content (AvgIpc) is 2.48. The molecule has 0 amide bonds. The lowest BCUT2D eigenvalue weighted by molar-refractivity contribution is 0.207. The third kappa shape index (κ3) is 4.99. The zero-order valence-corrected chi connectivity index (χ0v) is 13.2. The molecule has 1 N–H and O–H groups in total. The zero-order valence-electron chi connectivity index (χ0n) is 12.5. The first-order valence-electron chi connectivity index (χ1n) is 7.91. The van der Waals surface area contributed by atoms with Crippen molar-refractivity contribution in [2.24, 2.45) is 5.92 Å². The van der Waals surface area contributed by atoms with Crippen LogP contribution in [0.15, 0.2) is 18.2 Å². The van der Waals surface area contributed by atoms with Crippen LogP contribution in [-0.4, -0.2) is 13.2 Å². The van der Waals surface area contributed by atoms with Crippen molar-refractivity contribution in [1.29, 1.82) is 0 Å². The number of nitrogens with one attached hydrogen (secondary N) is 1. The highest BCUT2D eigenvalue weighted by atomic mass is 35.5. The van der Waals surface area contributed by atoms with Gasteiger partial charge in [-0.3, -0.25) is 0 Å². The molecule has 112 valence electrons. The molecule has 0 aliphatic heterocycles. The van der Waals surface area contributed by atoms with E-state index in [1.165, 1.54) is 37.7 Å². The summed E-state index contributed by atoms with van der Waals surface area (Å²) in [5.41, 5.74) is 1.17. The molecule has 1 aliphatic rings. The molecule has 0 radical (unpaired) electrons. The molecule has 1 saturated carbocycles.